The highest BCUT2D eigenvalue weighted by molar-refractivity contribution is 5.82. The number of carbonyl (C=O) groups excluding carboxylic acids is 1. The molecule has 2 aromatic heterocycles. The molecule has 0 radical (unpaired) electrons. The van der Waals surface area contributed by atoms with Gasteiger partial charge in [-0.05, 0) is 55.1 Å². The molecule has 1 aromatic carbocycles. The number of benzene rings is 1. The van der Waals surface area contributed by atoms with Crippen molar-refractivity contribution in [1.29, 1.82) is 0 Å². The standard InChI is InChI=1S/C22H20FN3O4.C2H6/c1-14-17-8-7-16(29-21-19(23)6-3-9-25-21)11-20(17)30-22(28)18(14)12-26(2)10-4-5-15(24)13-27;1-2/h3-11,13H,12,24H2,1-2H3;1-2H3/b10-4-,15-5+;. The van der Waals surface area contributed by atoms with Crippen LogP contribution in [0.4, 0.5) is 4.39 Å². The Morgan fingerprint density at radius 3 is 2.75 bits per heavy atom. The first-order chi connectivity index (χ1) is 15.4. The Morgan fingerprint density at radius 1 is 1.31 bits per heavy atom. The zero-order chi connectivity index (χ0) is 23.7. The number of allylic oxidation sites excluding steroid dienone is 3. The smallest absolute Gasteiger partial charge is 0.341 e. The topological polar surface area (TPSA) is 98.7 Å². The van der Waals surface area contributed by atoms with E-state index in [0.29, 0.717) is 29.7 Å². The number of rotatable bonds is 7. The van der Waals surface area contributed by atoms with E-state index in [1.165, 1.54) is 30.5 Å². The molecule has 0 aliphatic heterocycles. The number of carbonyl (C=O) groups is 1. The van der Waals surface area contributed by atoms with Crippen LogP contribution in [0.3, 0.4) is 0 Å². The summed E-state index contributed by atoms with van der Waals surface area (Å²) in [5.74, 6) is -0.452. The first-order valence-corrected chi connectivity index (χ1v) is 10.0. The molecule has 0 saturated carbocycles. The monoisotopic (exact) mass is 439 g/mol. The van der Waals surface area contributed by atoms with Crippen LogP contribution in [0.25, 0.3) is 11.0 Å². The van der Waals surface area contributed by atoms with Crippen molar-refractivity contribution in [3.63, 3.8) is 0 Å². The number of nitrogens with zero attached hydrogens (tertiary/aromatic N) is 2. The summed E-state index contributed by atoms with van der Waals surface area (Å²) in [6.45, 7) is 6.13. The molecule has 7 nitrogen and oxygen atoms in total. The van der Waals surface area contributed by atoms with Crippen LogP contribution < -0.4 is 16.1 Å². The number of nitrogens with two attached hydrogens (primary N) is 1. The van der Waals surface area contributed by atoms with E-state index < -0.39 is 11.4 Å². The highest BCUT2D eigenvalue weighted by Crippen LogP contribution is 2.28. The molecule has 0 spiro atoms. The normalized spacial score (nSPS) is 11.2. The van der Waals surface area contributed by atoms with Crippen molar-refractivity contribution in [2.75, 3.05) is 7.05 Å². The van der Waals surface area contributed by atoms with Crippen LogP contribution >= 0.6 is 0 Å². The number of aryl methyl sites for hydroxylation is 1. The second-order valence-corrected chi connectivity index (χ2v) is 6.58. The fraction of sp³-hybridized carbons (Fsp3) is 0.208. The fourth-order valence-electron chi connectivity index (χ4n) is 2.82. The van der Waals surface area contributed by atoms with Crippen molar-refractivity contribution in [1.82, 2.24) is 9.88 Å². The van der Waals surface area contributed by atoms with Crippen molar-refractivity contribution >= 4 is 17.3 Å². The Morgan fingerprint density at radius 2 is 2.06 bits per heavy atom. The molecule has 0 aliphatic carbocycles. The summed E-state index contributed by atoms with van der Waals surface area (Å²) in [7, 11) is 1.78. The number of pyridine rings is 1. The van der Waals surface area contributed by atoms with Gasteiger partial charge in [-0.2, -0.15) is 0 Å². The molecule has 0 unspecified atom stereocenters. The maximum Gasteiger partial charge on any atom is 0.341 e. The molecule has 3 rings (SSSR count). The van der Waals surface area contributed by atoms with Gasteiger partial charge in [0.1, 0.15) is 11.3 Å². The van der Waals surface area contributed by atoms with E-state index in [-0.39, 0.29) is 11.6 Å². The largest absolute Gasteiger partial charge is 0.436 e. The summed E-state index contributed by atoms with van der Waals surface area (Å²) in [6.07, 6.45) is 6.74. The predicted octanol–water partition coefficient (Wildman–Crippen LogP) is 4.44. The Bertz CT molecular complexity index is 1200. The predicted molar refractivity (Wildman–Crippen MR) is 122 cm³/mol. The third-order valence-corrected chi connectivity index (χ3v) is 4.37. The zero-order valence-corrected chi connectivity index (χ0v) is 18.5. The molecule has 0 saturated heterocycles. The van der Waals surface area contributed by atoms with Crippen molar-refractivity contribution in [2.24, 2.45) is 5.73 Å². The van der Waals surface area contributed by atoms with E-state index >= 15 is 0 Å². The number of ether oxygens (including phenoxy) is 1. The lowest BCUT2D eigenvalue weighted by Gasteiger charge is -2.15. The lowest BCUT2D eigenvalue weighted by atomic mass is 10.1. The number of fused-ring (bicyclic) bond motifs is 1. The molecule has 2 N–H and O–H groups in total. The van der Waals surface area contributed by atoms with Crippen LogP contribution in [0.15, 0.2) is 69.8 Å². The third kappa shape index (κ3) is 6.04. The van der Waals surface area contributed by atoms with E-state index in [1.54, 1.807) is 36.4 Å². The van der Waals surface area contributed by atoms with E-state index in [9.17, 15) is 14.0 Å². The molecule has 0 amide bonds. The van der Waals surface area contributed by atoms with Gasteiger partial charge in [0.25, 0.3) is 5.88 Å². The Labute approximate surface area is 185 Å². The highest BCUT2D eigenvalue weighted by Gasteiger charge is 2.14. The Balaban J connectivity index is 0.00000176. The van der Waals surface area contributed by atoms with Crippen LogP contribution in [0.1, 0.15) is 25.0 Å². The van der Waals surface area contributed by atoms with E-state index in [2.05, 4.69) is 4.98 Å². The highest BCUT2D eigenvalue weighted by atomic mass is 19.1. The van der Waals surface area contributed by atoms with Crippen molar-refractivity contribution < 1.29 is 18.3 Å². The van der Waals surface area contributed by atoms with Crippen LogP contribution in [0, 0.1) is 12.7 Å². The summed E-state index contributed by atoms with van der Waals surface area (Å²) in [5.41, 5.74) is 6.62. The average Bonchev–Trinajstić information content (AvgIpc) is 2.79. The number of aromatic nitrogens is 1. The Kier molecular flexibility index (Phi) is 8.71. The van der Waals surface area contributed by atoms with Crippen LogP contribution in [0.2, 0.25) is 0 Å². The zero-order valence-electron chi connectivity index (χ0n) is 18.5. The maximum atomic E-state index is 13.7. The van der Waals surface area contributed by atoms with Gasteiger partial charge in [-0.1, -0.05) is 13.8 Å². The van der Waals surface area contributed by atoms with Gasteiger partial charge in [0.15, 0.2) is 12.1 Å². The van der Waals surface area contributed by atoms with Crippen molar-refractivity contribution in [2.45, 2.75) is 27.3 Å². The molecular formula is C24H26FN3O4. The van der Waals surface area contributed by atoms with E-state index in [1.807, 2.05) is 20.8 Å². The second kappa shape index (κ2) is 11.5. The molecule has 168 valence electrons. The van der Waals surface area contributed by atoms with Gasteiger partial charge < -0.3 is 19.8 Å². The van der Waals surface area contributed by atoms with Gasteiger partial charge in [0, 0.05) is 31.2 Å². The summed E-state index contributed by atoms with van der Waals surface area (Å²) in [4.78, 5) is 28.6. The molecule has 0 bridgehead atoms. The maximum absolute atomic E-state index is 13.7. The fourth-order valence-corrected chi connectivity index (χ4v) is 2.82. The van der Waals surface area contributed by atoms with Gasteiger partial charge in [-0.3, -0.25) is 4.79 Å². The number of halogens is 1. The third-order valence-electron chi connectivity index (χ3n) is 4.37. The first-order valence-electron chi connectivity index (χ1n) is 10.0. The summed E-state index contributed by atoms with van der Waals surface area (Å²) >= 11 is 0. The minimum Gasteiger partial charge on any atom is -0.436 e. The number of hydrogen-bond donors (Lipinski definition) is 1. The molecule has 0 atom stereocenters. The van der Waals surface area contributed by atoms with Crippen molar-refractivity contribution in [3.8, 4) is 11.6 Å². The lowest BCUT2D eigenvalue weighted by Crippen LogP contribution is -2.19. The summed E-state index contributed by atoms with van der Waals surface area (Å²) < 4.78 is 24.7. The molecule has 32 heavy (non-hydrogen) atoms. The van der Waals surface area contributed by atoms with Crippen LogP contribution in [-0.2, 0) is 11.3 Å². The molecule has 0 aliphatic rings. The summed E-state index contributed by atoms with van der Waals surface area (Å²) in [5, 5.41) is 0.737. The second-order valence-electron chi connectivity index (χ2n) is 6.58. The van der Waals surface area contributed by atoms with Gasteiger partial charge in [-0.15, -0.1) is 0 Å². The SMILES string of the molecule is CC.Cc1c(CN(C)/C=C\C=C(\N)C=O)c(=O)oc2cc(Oc3ncccc3F)ccc12. The minimum atomic E-state index is -0.591. The van der Waals surface area contributed by atoms with Gasteiger partial charge in [0.05, 0.1) is 11.3 Å². The molecule has 8 heteroatoms. The lowest BCUT2D eigenvalue weighted by molar-refractivity contribution is -0.104. The number of hydrogen-bond acceptors (Lipinski definition) is 7. The van der Waals surface area contributed by atoms with Crippen LogP contribution in [-0.4, -0.2) is 23.2 Å². The van der Waals surface area contributed by atoms with Crippen molar-refractivity contribution in [3.05, 3.63) is 87.9 Å². The van der Waals surface area contributed by atoms with Gasteiger partial charge in [0.2, 0.25) is 0 Å². The van der Waals surface area contributed by atoms with E-state index in [0.717, 1.165) is 10.9 Å². The van der Waals surface area contributed by atoms with Gasteiger partial charge >= 0.3 is 5.63 Å². The van der Waals surface area contributed by atoms with E-state index in [4.69, 9.17) is 14.9 Å². The van der Waals surface area contributed by atoms with Crippen LogP contribution in [0.5, 0.6) is 11.6 Å². The summed E-state index contributed by atoms with van der Waals surface area (Å²) in [6, 6.07) is 7.64. The average molecular weight is 439 g/mol. The molecular weight excluding hydrogens is 413 g/mol. The first kappa shape index (κ1) is 24.3. The molecule has 3 aromatic rings. The quantitative estimate of drug-likeness (QED) is 0.251. The van der Waals surface area contributed by atoms with Gasteiger partial charge in [-0.25, -0.2) is 14.2 Å². The number of aldehydes is 1. The Hall–Kier alpha value is -3.94. The molecule has 0 fully saturated rings. The minimum absolute atomic E-state index is 0.102. The molecule has 2 heterocycles.